The van der Waals surface area contributed by atoms with Crippen LogP contribution in [-0.2, 0) is 4.79 Å². The van der Waals surface area contributed by atoms with E-state index in [1.807, 2.05) is 18.2 Å². The Morgan fingerprint density at radius 3 is 2.76 bits per heavy atom. The van der Waals surface area contributed by atoms with Gasteiger partial charge in [0.25, 0.3) is 5.91 Å². The number of rotatable bonds is 6. The second-order valence-electron chi connectivity index (χ2n) is 6.10. The molecule has 6 heteroatoms. The van der Waals surface area contributed by atoms with Gasteiger partial charge >= 0.3 is 0 Å². The van der Waals surface area contributed by atoms with Crippen LogP contribution in [0.25, 0.3) is 0 Å². The summed E-state index contributed by atoms with van der Waals surface area (Å²) >= 11 is 0. The van der Waals surface area contributed by atoms with Crippen molar-refractivity contribution in [2.75, 3.05) is 31.1 Å². The van der Waals surface area contributed by atoms with Crippen LogP contribution in [-0.4, -0.2) is 32.1 Å². The van der Waals surface area contributed by atoms with E-state index in [9.17, 15) is 13.6 Å². The molecular formula is C19H20F2N2O2. The predicted octanol–water partition coefficient (Wildman–Crippen LogP) is 2.99. The zero-order valence-corrected chi connectivity index (χ0v) is 13.8. The van der Waals surface area contributed by atoms with Crippen molar-refractivity contribution < 1.29 is 18.3 Å². The number of nitrogens with one attached hydrogen (secondary N) is 1. The van der Waals surface area contributed by atoms with Gasteiger partial charge in [-0.25, -0.2) is 8.78 Å². The van der Waals surface area contributed by atoms with Gasteiger partial charge in [0, 0.05) is 31.4 Å². The average Bonchev–Trinajstić information content (AvgIpc) is 3.09. The van der Waals surface area contributed by atoms with Gasteiger partial charge in [0.2, 0.25) is 0 Å². The number of halogens is 2. The summed E-state index contributed by atoms with van der Waals surface area (Å²) in [6.45, 7) is 2.11. The first kappa shape index (κ1) is 17.2. The third-order valence-corrected chi connectivity index (χ3v) is 4.25. The van der Waals surface area contributed by atoms with Crippen molar-refractivity contribution in [3.05, 3.63) is 60.2 Å². The van der Waals surface area contributed by atoms with Crippen LogP contribution < -0.4 is 15.0 Å². The lowest BCUT2D eigenvalue weighted by molar-refractivity contribution is -0.123. The molecule has 0 spiro atoms. The maximum absolute atomic E-state index is 13.4. The Bertz CT molecular complexity index is 725. The summed E-state index contributed by atoms with van der Waals surface area (Å²) < 4.78 is 31.3. The summed E-state index contributed by atoms with van der Waals surface area (Å²) in [7, 11) is 0. The monoisotopic (exact) mass is 346 g/mol. The van der Waals surface area contributed by atoms with Crippen LogP contribution in [0.4, 0.5) is 14.5 Å². The standard InChI is InChI=1S/C19H20F2N2O2/c20-15-6-7-18(17(21)10-15)25-13-19(24)22-11-14-8-9-23(12-14)16-4-2-1-3-5-16/h1-7,10,14H,8-9,11-13H2,(H,22,24). The lowest BCUT2D eigenvalue weighted by Gasteiger charge is -2.18. The Labute approximate surface area is 145 Å². The number of carbonyl (C=O) groups is 1. The summed E-state index contributed by atoms with van der Waals surface area (Å²) in [6, 6.07) is 13.1. The molecule has 0 radical (unpaired) electrons. The molecule has 1 saturated heterocycles. The normalized spacial score (nSPS) is 16.7. The van der Waals surface area contributed by atoms with Crippen molar-refractivity contribution in [2.24, 2.45) is 5.92 Å². The van der Waals surface area contributed by atoms with E-state index in [2.05, 4.69) is 22.3 Å². The molecule has 1 N–H and O–H groups in total. The largest absolute Gasteiger partial charge is 0.481 e. The minimum atomic E-state index is -0.818. The molecule has 25 heavy (non-hydrogen) atoms. The Balaban J connectivity index is 1.41. The molecule has 1 unspecified atom stereocenters. The van der Waals surface area contributed by atoms with Gasteiger partial charge in [-0.05, 0) is 36.6 Å². The molecule has 1 amide bonds. The molecular weight excluding hydrogens is 326 g/mol. The number of benzene rings is 2. The number of ether oxygens (including phenoxy) is 1. The van der Waals surface area contributed by atoms with E-state index in [4.69, 9.17) is 4.74 Å². The lowest BCUT2D eigenvalue weighted by atomic mass is 10.1. The van der Waals surface area contributed by atoms with E-state index in [0.717, 1.165) is 31.6 Å². The summed E-state index contributed by atoms with van der Waals surface area (Å²) in [5.41, 5.74) is 1.19. The van der Waals surface area contributed by atoms with Gasteiger partial charge in [-0.15, -0.1) is 0 Å². The van der Waals surface area contributed by atoms with E-state index in [1.165, 1.54) is 11.8 Å². The maximum Gasteiger partial charge on any atom is 0.257 e. The van der Waals surface area contributed by atoms with Crippen molar-refractivity contribution in [3.8, 4) is 5.75 Å². The van der Waals surface area contributed by atoms with Gasteiger partial charge in [-0.3, -0.25) is 4.79 Å². The summed E-state index contributed by atoms with van der Waals surface area (Å²) in [6.07, 6.45) is 1.00. The predicted molar refractivity (Wildman–Crippen MR) is 91.6 cm³/mol. The molecule has 3 rings (SSSR count). The van der Waals surface area contributed by atoms with Crippen LogP contribution in [0, 0.1) is 17.6 Å². The number of carbonyl (C=O) groups excluding carboxylic acids is 1. The Hall–Kier alpha value is -2.63. The molecule has 1 aliphatic rings. The molecule has 1 heterocycles. The second kappa shape index (κ2) is 7.96. The van der Waals surface area contributed by atoms with E-state index >= 15 is 0 Å². The van der Waals surface area contributed by atoms with Crippen molar-refractivity contribution in [1.82, 2.24) is 5.32 Å². The van der Waals surface area contributed by atoms with Crippen molar-refractivity contribution in [2.45, 2.75) is 6.42 Å². The van der Waals surface area contributed by atoms with Crippen LogP contribution in [0.2, 0.25) is 0 Å². The molecule has 4 nitrogen and oxygen atoms in total. The summed E-state index contributed by atoms with van der Waals surface area (Å²) in [4.78, 5) is 14.1. The van der Waals surface area contributed by atoms with Gasteiger partial charge in [-0.1, -0.05) is 18.2 Å². The topological polar surface area (TPSA) is 41.6 Å². The van der Waals surface area contributed by atoms with Crippen LogP contribution in [0.1, 0.15) is 6.42 Å². The number of amides is 1. The van der Waals surface area contributed by atoms with Crippen LogP contribution in [0.3, 0.4) is 0 Å². The molecule has 132 valence electrons. The second-order valence-corrected chi connectivity index (χ2v) is 6.10. The minimum Gasteiger partial charge on any atom is -0.481 e. The van der Waals surface area contributed by atoms with Gasteiger partial charge in [0.15, 0.2) is 18.2 Å². The molecule has 2 aromatic carbocycles. The average molecular weight is 346 g/mol. The van der Waals surface area contributed by atoms with Gasteiger partial charge in [0.1, 0.15) is 5.82 Å². The molecule has 1 fully saturated rings. The highest BCUT2D eigenvalue weighted by Gasteiger charge is 2.23. The molecule has 0 aromatic heterocycles. The fourth-order valence-electron chi connectivity index (χ4n) is 2.92. The quantitative estimate of drug-likeness (QED) is 0.874. The van der Waals surface area contributed by atoms with Crippen molar-refractivity contribution in [3.63, 3.8) is 0 Å². The highest BCUT2D eigenvalue weighted by molar-refractivity contribution is 5.77. The number of hydrogen-bond acceptors (Lipinski definition) is 3. The summed E-state index contributed by atoms with van der Waals surface area (Å²) in [5, 5.41) is 2.81. The third kappa shape index (κ3) is 4.68. The Morgan fingerprint density at radius 1 is 1.20 bits per heavy atom. The summed E-state index contributed by atoms with van der Waals surface area (Å²) in [5.74, 6) is -1.58. The number of hydrogen-bond donors (Lipinski definition) is 1. The maximum atomic E-state index is 13.4. The molecule has 1 aliphatic heterocycles. The zero-order valence-electron chi connectivity index (χ0n) is 13.8. The lowest BCUT2D eigenvalue weighted by Crippen LogP contribution is -2.34. The van der Waals surface area contributed by atoms with Crippen molar-refractivity contribution >= 4 is 11.6 Å². The van der Waals surface area contributed by atoms with E-state index < -0.39 is 11.6 Å². The molecule has 0 aliphatic carbocycles. The Morgan fingerprint density at radius 2 is 2.00 bits per heavy atom. The molecule has 0 saturated carbocycles. The van der Waals surface area contributed by atoms with Crippen LogP contribution in [0.5, 0.6) is 5.75 Å². The minimum absolute atomic E-state index is 0.132. The number of anilines is 1. The van der Waals surface area contributed by atoms with Gasteiger partial charge in [0.05, 0.1) is 0 Å². The van der Waals surface area contributed by atoms with Crippen LogP contribution in [0.15, 0.2) is 48.5 Å². The number of para-hydroxylation sites is 1. The highest BCUT2D eigenvalue weighted by atomic mass is 19.1. The fourth-order valence-corrected chi connectivity index (χ4v) is 2.92. The first-order chi connectivity index (χ1) is 12.1. The first-order valence-corrected chi connectivity index (χ1v) is 8.26. The first-order valence-electron chi connectivity index (χ1n) is 8.26. The molecule has 2 aromatic rings. The van der Waals surface area contributed by atoms with Gasteiger partial charge in [-0.2, -0.15) is 0 Å². The van der Waals surface area contributed by atoms with E-state index in [-0.39, 0.29) is 18.3 Å². The SMILES string of the molecule is O=C(COc1ccc(F)cc1F)NCC1CCN(c2ccccc2)C1. The molecule has 0 bridgehead atoms. The zero-order chi connectivity index (χ0) is 17.6. The Kier molecular flexibility index (Phi) is 5.48. The van der Waals surface area contributed by atoms with E-state index in [1.54, 1.807) is 0 Å². The van der Waals surface area contributed by atoms with Gasteiger partial charge < -0.3 is 15.0 Å². The molecule has 1 atom stereocenters. The van der Waals surface area contributed by atoms with Crippen LogP contribution >= 0.6 is 0 Å². The van der Waals surface area contributed by atoms with E-state index in [0.29, 0.717) is 12.5 Å². The highest BCUT2D eigenvalue weighted by Crippen LogP contribution is 2.23. The fraction of sp³-hybridized carbons (Fsp3) is 0.316. The third-order valence-electron chi connectivity index (χ3n) is 4.25. The number of nitrogens with zero attached hydrogens (tertiary/aromatic N) is 1. The van der Waals surface area contributed by atoms with Crippen molar-refractivity contribution in [1.29, 1.82) is 0 Å². The smallest absolute Gasteiger partial charge is 0.257 e.